The lowest BCUT2D eigenvalue weighted by atomic mass is 10.2. The van der Waals surface area contributed by atoms with E-state index in [1.807, 2.05) is 0 Å². The minimum atomic E-state index is 0.534. The number of allylic oxidation sites excluding steroid dienone is 1. The summed E-state index contributed by atoms with van der Waals surface area (Å²) in [5.74, 6) is 0. The van der Waals surface area contributed by atoms with E-state index in [-0.39, 0.29) is 0 Å². The van der Waals surface area contributed by atoms with Gasteiger partial charge in [-0.1, -0.05) is 47.0 Å². The molecule has 0 amide bonds. The van der Waals surface area contributed by atoms with E-state index in [1.54, 1.807) is 24.3 Å². The largest absolute Gasteiger partial charge is 0.0842 e. The first-order chi connectivity index (χ1) is 5.65. The topological polar surface area (TPSA) is 0 Å². The third-order valence-corrected chi connectivity index (χ3v) is 2.17. The summed E-state index contributed by atoms with van der Waals surface area (Å²) in [7, 11) is 0. The van der Waals surface area contributed by atoms with Crippen molar-refractivity contribution in [2.45, 2.75) is 0 Å². The second kappa shape index (κ2) is 4.18. The molecule has 1 aromatic carbocycles. The molecule has 3 heteroatoms. The molecule has 0 saturated heterocycles. The Morgan fingerprint density at radius 1 is 1.08 bits per heavy atom. The molecule has 0 fully saturated rings. The van der Waals surface area contributed by atoms with E-state index in [0.717, 1.165) is 5.56 Å². The molecule has 0 N–H and O–H groups in total. The highest BCUT2D eigenvalue weighted by Crippen LogP contribution is 2.29. The van der Waals surface area contributed by atoms with Crippen molar-refractivity contribution < 1.29 is 0 Å². The van der Waals surface area contributed by atoms with Gasteiger partial charge in [0.05, 0.1) is 10.0 Å². The molecule has 0 saturated carbocycles. The maximum Gasteiger partial charge on any atom is 0.0508 e. The van der Waals surface area contributed by atoms with Crippen LogP contribution in [0.4, 0.5) is 0 Å². The minimum absolute atomic E-state index is 0.534. The molecule has 0 aliphatic heterocycles. The van der Waals surface area contributed by atoms with Crippen molar-refractivity contribution in [1.29, 1.82) is 0 Å². The quantitative estimate of drug-likeness (QED) is 0.654. The highest BCUT2D eigenvalue weighted by atomic mass is 35.5. The molecule has 0 atom stereocenters. The maximum atomic E-state index is 5.87. The molecule has 0 nitrogen and oxygen atoms in total. The minimum Gasteiger partial charge on any atom is -0.0842 e. The molecule has 0 spiro atoms. The maximum absolute atomic E-state index is 5.87. The zero-order valence-corrected chi connectivity index (χ0v) is 8.42. The van der Waals surface area contributed by atoms with Gasteiger partial charge in [-0.05, 0) is 19.1 Å². The van der Waals surface area contributed by atoms with Gasteiger partial charge >= 0.3 is 0 Å². The first-order valence-corrected chi connectivity index (χ1v) is 4.39. The van der Waals surface area contributed by atoms with Gasteiger partial charge in [0.25, 0.3) is 0 Å². The number of hydrogen-bond acceptors (Lipinski definition) is 0. The smallest absolute Gasteiger partial charge is 0.0508 e. The fourth-order valence-electron chi connectivity index (χ4n) is 0.830. The van der Waals surface area contributed by atoms with Gasteiger partial charge in [-0.3, -0.25) is 0 Å². The van der Waals surface area contributed by atoms with Crippen LogP contribution in [0.15, 0.2) is 18.2 Å². The average molecular weight is 221 g/mol. The molecule has 0 heterocycles. The van der Waals surface area contributed by atoms with E-state index in [2.05, 4.69) is 6.92 Å². The second-order valence-electron chi connectivity index (χ2n) is 2.19. The summed E-state index contributed by atoms with van der Waals surface area (Å²) >= 11 is 17.4. The lowest BCUT2D eigenvalue weighted by Crippen LogP contribution is -1.77. The van der Waals surface area contributed by atoms with Crippen molar-refractivity contribution in [1.82, 2.24) is 0 Å². The van der Waals surface area contributed by atoms with Crippen LogP contribution in [-0.2, 0) is 0 Å². The molecule has 0 unspecified atom stereocenters. The Bertz CT molecular complexity index is 293. The Morgan fingerprint density at radius 2 is 1.58 bits per heavy atom. The van der Waals surface area contributed by atoms with Crippen LogP contribution in [0.2, 0.25) is 15.1 Å². The van der Waals surface area contributed by atoms with Gasteiger partial charge in [-0.2, -0.15) is 0 Å². The van der Waals surface area contributed by atoms with Gasteiger partial charge in [0.15, 0.2) is 0 Å². The van der Waals surface area contributed by atoms with Crippen LogP contribution in [0.25, 0.3) is 6.08 Å². The van der Waals surface area contributed by atoms with Gasteiger partial charge in [-0.25, -0.2) is 0 Å². The van der Waals surface area contributed by atoms with E-state index < -0.39 is 0 Å². The number of benzene rings is 1. The van der Waals surface area contributed by atoms with E-state index >= 15 is 0 Å². The summed E-state index contributed by atoms with van der Waals surface area (Å²) in [4.78, 5) is 0. The number of halogens is 3. The van der Waals surface area contributed by atoms with E-state index in [4.69, 9.17) is 34.8 Å². The summed E-state index contributed by atoms with van der Waals surface area (Å²) < 4.78 is 0. The molecular formula is C9H6Cl3. The Labute approximate surface area is 86.7 Å². The molecule has 12 heavy (non-hydrogen) atoms. The summed E-state index contributed by atoms with van der Waals surface area (Å²) in [5.41, 5.74) is 0.748. The molecule has 1 rings (SSSR count). The van der Waals surface area contributed by atoms with Gasteiger partial charge in [0, 0.05) is 10.6 Å². The zero-order chi connectivity index (χ0) is 9.14. The van der Waals surface area contributed by atoms with Crippen LogP contribution in [0.1, 0.15) is 5.56 Å². The predicted molar refractivity (Wildman–Crippen MR) is 55.9 cm³/mol. The Morgan fingerprint density at radius 3 is 2.00 bits per heavy atom. The van der Waals surface area contributed by atoms with Crippen molar-refractivity contribution in [2.75, 3.05) is 0 Å². The lowest BCUT2D eigenvalue weighted by Gasteiger charge is -2.01. The normalized spacial score (nSPS) is 11.0. The lowest BCUT2D eigenvalue weighted by molar-refractivity contribution is 1.65. The van der Waals surface area contributed by atoms with Crippen LogP contribution >= 0.6 is 34.8 Å². The molecule has 0 aliphatic rings. The third kappa shape index (κ3) is 2.16. The van der Waals surface area contributed by atoms with Crippen molar-refractivity contribution in [3.05, 3.63) is 45.8 Å². The van der Waals surface area contributed by atoms with E-state index in [9.17, 15) is 0 Å². The van der Waals surface area contributed by atoms with Crippen LogP contribution in [0.3, 0.4) is 0 Å². The first-order valence-electron chi connectivity index (χ1n) is 3.25. The van der Waals surface area contributed by atoms with Gasteiger partial charge in [-0.15, -0.1) is 0 Å². The Balaban J connectivity index is 3.28. The first kappa shape index (κ1) is 9.91. The third-order valence-electron chi connectivity index (χ3n) is 1.33. The van der Waals surface area contributed by atoms with Crippen LogP contribution in [0.5, 0.6) is 0 Å². The second-order valence-corrected chi connectivity index (χ2v) is 3.44. The van der Waals surface area contributed by atoms with E-state index in [1.165, 1.54) is 0 Å². The van der Waals surface area contributed by atoms with Crippen molar-refractivity contribution in [3.63, 3.8) is 0 Å². The molecule has 63 valence electrons. The van der Waals surface area contributed by atoms with Crippen LogP contribution < -0.4 is 0 Å². The monoisotopic (exact) mass is 219 g/mol. The van der Waals surface area contributed by atoms with Crippen molar-refractivity contribution in [2.24, 2.45) is 0 Å². The van der Waals surface area contributed by atoms with E-state index in [0.29, 0.717) is 15.1 Å². The standard InChI is InChI=1S/C9H6Cl3/c1-2-3-7-8(11)4-6(10)5-9(7)12/h2-5H,1H2/b3-2+. The SMILES string of the molecule is [CH2]/C=C/c1c(Cl)cc(Cl)cc1Cl. The van der Waals surface area contributed by atoms with Crippen molar-refractivity contribution in [3.8, 4) is 0 Å². The Kier molecular flexibility index (Phi) is 3.45. The van der Waals surface area contributed by atoms with Crippen LogP contribution in [0, 0.1) is 6.92 Å². The average Bonchev–Trinajstić information content (AvgIpc) is 1.96. The fourth-order valence-corrected chi connectivity index (χ4v) is 1.77. The fraction of sp³-hybridized carbons (Fsp3) is 0. The predicted octanol–water partition coefficient (Wildman–Crippen LogP) is 4.49. The highest BCUT2D eigenvalue weighted by molar-refractivity contribution is 6.40. The molecule has 0 aromatic heterocycles. The van der Waals surface area contributed by atoms with Crippen molar-refractivity contribution >= 4 is 40.9 Å². The molecule has 0 aliphatic carbocycles. The van der Waals surface area contributed by atoms with Gasteiger partial charge in [0.1, 0.15) is 0 Å². The summed E-state index contributed by atoms with van der Waals surface area (Å²) in [6.07, 6.45) is 3.36. The molecule has 0 bridgehead atoms. The van der Waals surface area contributed by atoms with Crippen LogP contribution in [-0.4, -0.2) is 0 Å². The summed E-state index contributed by atoms with van der Waals surface area (Å²) in [6.45, 7) is 3.55. The molecular weight excluding hydrogens is 214 g/mol. The number of rotatable bonds is 1. The highest BCUT2D eigenvalue weighted by Gasteiger charge is 2.03. The molecule has 1 aromatic rings. The molecule has 1 radical (unpaired) electrons. The Hall–Kier alpha value is -0.170. The van der Waals surface area contributed by atoms with Gasteiger partial charge < -0.3 is 0 Å². The number of hydrogen-bond donors (Lipinski definition) is 0. The van der Waals surface area contributed by atoms with Gasteiger partial charge in [0.2, 0.25) is 0 Å². The summed E-state index contributed by atoms with van der Waals surface area (Å²) in [5, 5.41) is 1.60. The zero-order valence-electron chi connectivity index (χ0n) is 6.15. The summed E-state index contributed by atoms with van der Waals surface area (Å²) in [6, 6.07) is 3.29.